The molecule has 5 aromatic rings. The summed E-state index contributed by atoms with van der Waals surface area (Å²) in [6.45, 7) is 7.81. The van der Waals surface area contributed by atoms with E-state index in [1.165, 1.54) is 0 Å². The minimum Gasteiger partial charge on any atom is -0.349 e. The van der Waals surface area contributed by atoms with Gasteiger partial charge in [0.2, 0.25) is 5.91 Å². The molecule has 0 fully saturated rings. The van der Waals surface area contributed by atoms with Crippen LogP contribution in [0.2, 0.25) is 0 Å². The molecule has 5 rings (SSSR count). The van der Waals surface area contributed by atoms with Gasteiger partial charge in [0.05, 0.1) is 16.6 Å². The first-order valence-electron chi connectivity index (χ1n) is 11.0. The van der Waals surface area contributed by atoms with Gasteiger partial charge >= 0.3 is 0 Å². The van der Waals surface area contributed by atoms with Crippen molar-refractivity contribution in [3.63, 3.8) is 0 Å². The van der Waals surface area contributed by atoms with Gasteiger partial charge in [-0.2, -0.15) is 5.10 Å². The van der Waals surface area contributed by atoms with E-state index in [-0.39, 0.29) is 11.5 Å². The summed E-state index contributed by atoms with van der Waals surface area (Å²) in [5.74, 6) is -0.231. The second-order valence-electron chi connectivity index (χ2n) is 9.50. The number of carbonyl (C=O) groups is 1. The minimum atomic E-state index is -0.832. The van der Waals surface area contributed by atoms with Crippen LogP contribution in [0.4, 0.5) is 0 Å². The molecule has 166 valence electrons. The third-order valence-corrected chi connectivity index (χ3v) is 5.74. The van der Waals surface area contributed by atoms with Crippen LogP contribution < -0.4 is 10.9 Å². The number of amides is 1. The second kappa shape index (κ2) is 7.59. The predicted molar refractivity (Wildman–Crippen MR) is 132 cm³/mol. The fourth-order valence-corrected chi connectivity index (χ4v) is 4.39. The van der Waals surface area contributed by atoms with Gasteiger partial charge in [-0.15, -0.1) is 0 Å². The van der Waals surface area contributed by atoms with Crippen molar-refractivity contribution in [2.75, 3.05) is 0 Å². The van der Waals surface area contributed by atoms with E-state index in [4.69, 9.17) is 5.10 Å². The van der Waals surface area contributed by atoms with Gasteiger partial charge in [-0.1, -0.05) is 54.6 Å². The van der Waals surface area contributed by atoms with Crippen molar-refractivity contribution in [3.8, 4) is 0 Å². The van der Waals surface area contributed by atoms with Crippen molar-refractivity contribution < 1.29 is 4.79 Å². The summed E-state index contributed by atoms with van der Waals surface area (Å²) in [5, 5.41) is 8.57. The van der Waals surface area contributed by atoms with Crippen LogP contribution in [0, 0.1) is 6.92 Å². The SMILES string of the molecule is Cc1ccc2c(c1)n1nc3ccccc3c1c(=O)n2C(C(=O)NC(C)(C)C)c1ccccc1. The molecule has 0 aliphatic heterocycles. The Morgan fingerprint density at radius 1 is 0.939 bits per heavy atom. The number of hydrogen-bond acceptors (Lipinski definition) is 3. The highest BCUT2D eigenvalue weighted by Crippen LogP contribution is 2.27. The topological polar surface area (TPSA) is 68.4 Å². The maximum absolute atomic E-state index is 14.1. The first-order valence-corrected chi connectivity index (χ1v) is 11.0. The zero-order valence-corrected chi connectivity index (χ0v) is 19.2. The largest absolute Gasteiger partial charge is 0.349 e. The van der Waals surface area contributed by atoms with E-state index in [1.807, 2.05) is 100 Å². The molecule has 0 saturated heterocycles. The highest BCUT2D eigenvalue weighted by molar-refractivity contribution is 5.97. The smallest absolute Gasteiger partial charge is 0.278 e. The standard InChI is InChI=1S/C27H26N4O2/c1-17-14-15-21-22(16-17)31-24(19-12-8-9-13-20(19)29-31)26(33)30(21)23(18-10-6-5-7-11-18)25(32)28-27(2,3)4/h5-16,23H,1-4H3,(H,28,32). The highest BCUT2D eigenvalue weighted by atomic mass is 16.2. The summed E-state index contributed by atoms with van der Waals surface area (Å²) in [6.07, 6.45) is 0. The highest BCUT2D eigenvalue weighted by Gasteiger charge is 2.30. The van der Waals surface area contributed by atoms with E-state index in [9.17, 15) is 9.59 Å². The lowest BCUT2D eigenvalue weighted by Gasteiger charge is -2.27. The molecule has 6 heteroatoms. The number of aryl methyl sites for hydroxylation is 1. The van der Waals surface area contributed by atoms with Crippen LogP contribution in [-0.4, -0.2) is 25.6 Å². The van der Waals surface area contributed by atoms with Gasteiger partial charge in [-0.05, 0) is 57.0 Å². The van der Waals surface area contributed by atoms with Crippen molar-refractivity contribution in [2.45, 2.75) is 39.3 Å². The first-order chi connectivity index (χ1) is 15.7. The van der Waals surface area contributed by atoms with Gasteiger partial charge in [0.15, 0.2) is 0 Å². The fraction of sp³-hybridized carbons (Fsp3) is 0.222. The number of nitrogens with one attached hydrogen (secondary N) is 1. The molecule has 0 aliphatic rings. The summed E-state index contributed by atoms with van der Waals surface area (Å²) in [4.78, 5) is 27.8. The normalized spacial score (nSPS) is 13.0. The molecule has 2 aromatic heterocycles. The number of fused-ring (bicyclic) bond motifs is 5. The third kappa shape index (κ3) is 3.57. The molecule has 1 atom stereocenters. The molecule has 3 aromatic carbocycles. The summed E-state index contributed by atoms with van der Waals surface area (Å²) in [6, 6.07) is 22.1. The molecule has 0 radical (unpaired) electrons. The van der Waals surface area contributed by atoms with E-state index in [2.05, 4.69) is 5.32 Å². The Kier molecular flexibility index (Phi) is 4.81. The fourth-order valence-electron chi connectivity index (χ4n) is 4.39. The summed E-state index contributed by atoms with van der Waals surface area (Å²) in [7, 11) is 0. The molecular weight excluding hydrogens is 412 g/mol. The lowest BCUT2D eigenvalue weighted by atomic mass is 10.0. The predicted octanol–water partition coefficient (Wildman–Crippen LogP) is 4.61. The average Bonchev–Trinajstić information content (AvgIpc) is 3.16. The zero-order chi connectivity index (χ0) is 23.3. The lowest BCUT2D eigenvalue weighted by Crippen LogP contribution is -2.46. The second-order valence-corrected chi connectivity index (χ2v) is 9.50. The summed E-state index contributed by atoms with van der Waals surface area (Å²) < 4.78 is 3.34. The minimum absolute atomic E-state index is 0.231. The maximum atomic E-state index is 14.1. The average molecular weight is 439 g/mol. The summed E-state index contributed by atoms with van der Waals surface area (Å²) in [5.41, 5.74) is 3.74. The van der Waals surface area contributed by atoms with Crippen LogP contribution in [0.5, 0.6) is 0 Å². The molecule has 0 saturated carbocycles. The Hall–Kier alpha value is -3.93. The maximum Gasteiger partial charge on any atom is 0.278 e. The number of rotatable bonds is 3. The third-order valence-electron chi connectivity index (χ3n) is 5.74. The zero-order valence-electron chi connectivity index (χ0n) is 19.2. The van der Waals surface area contributed by atoms with Gasteiger partial charge in [0, 0.05) is 10.9 Å². The Balaban J connectivity index is 1.93. The molecule has 0 bridgehead atoms. The van der Waals surface area contributed by atoms with Crippen LogP contribution in [0.3, 0.4) is 0 Å². The molecule has 0 spiro atoms. The van der Waals surface area contributed by atoms with E-state index in [1.54, 1.807) is 9.08 Å². The molecule has 6 nitrogen and oxygen atoms in total. The Bertz CT molecular complexity index is 1570. The van der Waals surface area contributed by atoms with E-state index in [0.29, 0.717) is 11.0 Å². The number of benzene rings is 3. The van der Waals surface area contributed by atoms with Crippen LogP contribution in [0.1, 0.15) is 37.9 Å². The quantitative estimate of drug-likeness (QED) is 0.447. The Morgan fingerprint density at radius 3 is 2.36 bits per heavy atom. The van der Waals surface area contributed by atoms with Gasteiger partial charge < -0.3 is 5.32 Å². The van der Waals surface area contributed by atoms with Crippen molar-refractivity contribution in [3.05, 3.63) is 94.3 Å². The van der Waals surface area contributed by atoms with Gasteiger partial charge in [0.1, 0.15) is 11.6 Å². The van der Waals surface area contributed by atoms with E-state index >= 15 is 0 Å². The van der Waals surface area contributed by atoms with Crippen molar-refractivity contribution in [1.29, 1.82) is 0 Å². The lowest BCUT2D eigenvalue weighted by molar-refractivity contribution is -0.124. The molecule has 1 unspecified atom stereocenters. The van der Waals surface area contributed by atoms with Crippen molar-refractivity contribution in [2.24, 2.45) is 0 Å². The number of nitrogens with zero attached hydrogens (tertiary/aromatic N) is 3. The molecule has 1 amide bonds. The van der Waals surface area contributed by atoms with Gasteiger partial charge in [-0.25, -0.2) is 4.52 Å². The number of carbonyl (C=O) groups excluding carboxylic acids is 1. The first kappa shape index (κ1) is 20.9. The molecule has 33 heavy (non-hydrogen) atoms. The van der Waals surface area contributed by atoms with Crippen molar-refractivity contribution >= 4 is 33.4 Å². The van der Waals surface area contributed by atoms with E-state index in [0.717, 1.165) is 27.5 Å². The van der Waals surface area contributed by atoms with E-state index < -0.39 is 11.6 Å². The van der Waals surface area contributed by atoms with Crippen LogP contribution in [0.15, 0.2) is 77.6 Å². The van der Waals surface area contributed by atoms with Crippen LogP contribution in [-0.2, 0) is 4.79 Å². The molecule has 0 aliphatic carbocycles. The van der Waals surface area contributed by atoms with Gasteiger partial charge in [0.25, 0.3) is 5.56 Å². The number of aromatic nitrogens is 3. The summed E-state index contributed by atoms with van der Waals surface area (Å²) >= 11 is 0. The molecule has 2 heterocycles. The molecular formula is C27H26N4O2. The monoisotopic (exact) mass is 438 g/mol. The van der Waals surface area contributed by atoms with Crippen LogP contribution >= 0.6 is 0 Å². The van der Waals surface area contributed by atoms with Crippen LogP contribution in [0.25, 0.3) is 27.5 Å². The number of hydrogen-bond donors (Lipinski definition) is 1. The Morgan fingerprint density at radius 2 is 1.64 bits per heavy atom. The Labute approximate surface area is 191 Å². The van der Waals surface area contributed by atoms with Crippen molar-refractivity contribution in [1.82, 2.24) is 19.5 Å². The van der Waals surface area contributed by atoms with Gasteiger partial charge in [-0.3, -0.25) is 14.2 Å². The molecule has 1 N–H and O–H groups in total.